The highest BCUT2D eigenvalue weighted by molar-refractivity contribution is 6.14. The fourth-order valence-electron chi connectivity index (χ4n) is 0.581. The minimum Gasteiger partial charge on any atom is -0.478 e. The predicted octanol–water partition coefficient (Wildman–Crippen LogP) is 2.22. The van der Waals surface area contributed by atoms with E-state index >= 15 is 0 Å². The van der Waals surface area contributed by atoms with E-state index in [0.717, 1.165) is 0 Å². The maximum absolute atomic E-state index is 10.2. The van der Waals surface area contributed by atoms with Crippen molar-refractivity contribution in [3.8, 4) is 0 Å². The Morgan fingerprint density at radius 2 is 1.57 bits per heavy atom. The SMILES string of the molecule is C[C](C)(C)[AlH2].O=C(O)c1ccccc1. The lowest BCUT2D eigenvalue weighted by Crippen LogP contribution is -1.93. The maximum atomic E-state index is 10.2. The van der Waals surface area contributed by atoms with Crippen LogP contribution >= 0.6 is 0 Å². The Hall–Kier alpha value is -0.778. The first kappa shape index (κ1) is 13.2. The lowest BCUT2D eigenvalue weighted by atomic mass is 10.2. The Kier molecular flexibility index (Phi) is 5.52. The van der Waals surface area contributed by atoms with E-state index in [0.29, 0.717) is 9.84 Å². The molecular weight excluding hydrogens is 191 g/mol. The van der Waals surface area contributed by atoms with Gasteiger partial charge >= 0.3 is 5.97 Å². The van der Waals surface area contributed by atoms with Crippen LogP contribution in [0.5, 0.6) is 0 Å². The zero-order chi connectivity index (χ0) is 11.2. The highest BCUT2D eigenvalue weighted by Crippen LogP contribution is 2.13. The fourth-order valence-corrected chi connectivity index (χ4v) is 0.581. The molecule has 14 heavy (non-hydrogen) atoms. The summed E-state index contributed by atoms with van der Waals surface area (Å²) in [6.45, 7) is 6.75. The second-order valence-electron chi connectivity index (χ2n) is 4.67. The van der Waals surface area contributed by atoms with Gasteiger partial charge in [-0.2, -0.15) is 0 Å². The highest BCUT2D eigenvalue weighted by Gasteiger charge is 1.97. The van der Waals surface area contributed by atoms with Crippen molar-refractivity contribution in [2.24, 2.45) is 0 Å². The van der Waals surface area contributed by atoms with E-state index in [1.807, 2.05) is 0 Å². The number of aromatic carboxylic acids is 1. The Labute approximate surface area is 93.4 Å². The van der Waals surface area contributed by atoms with E-state index in [2.05, 4.69) is 20.8 Å². The average molecular weight is 208 g/mol. The molecule has 0 heterocycles. The molecule has 0 saturated heterocycles. The summed E-state index contributed by atoms with van der Waals surface area (Å²) < 4.78 is 0.639. The van der Waals surface area contributed by atoms with Crippen molar-refractivity contribution >= 4 is 22.3 Å². The van der Waals surface area contributed by atoms with Gasteiger partial charge in [-0.25, -0.2) is 4.79 Å². The summed E-state index contributed by atoms with van der Waals surface area (Å²) in [5, 5.41) is 8.38. The molecular formula is C11H17AlO2. The third-order valence-electron chi connectivity index (χ3n) is 1.02. The molecule has 1 N–H and O–H groups in total. The van der Waals surface area contributed by atoms with Gasteiger partial charge in [0.1, 0.15) is 0 Å². The van der Waals surface area contributed by atoms with Crippen molar-refractivity contribution in [2.45, 2.75) is 25.0 Å². The molecule has 0 fully saturated rings. The van der Waals surface area contributed by atoms with Crippen LogP contribution in [0.15, 0.2) is 30.3 Å². The lowest BCUT2D eigenvalue weighted by Gasteiger charge is -2.05. The summed E-state index contributed by atoms with van der Waals surface area (Å²) in [6.07, 6.45) is 0. The predicted molar refractivity (Wildman–Crippen MR) is 61.7 cm³/mol. The number of rotatable bonds is 1. The molecule has 2 nitrogen and oxygen atoms in total. The summed E-state index contributed by atoms with van der Waals surface area (Å²) in [6, 6.07) is 8.30. The van der Waals surface area contributed by atoms with Crippen LogP contribution in [0.2, 0.25) is 4.28 Å². The monoisotopic (exact) mass is 208 g/mol. The maximum Gasteiger partial charge on any atom is 0.335 e. The Morgan fingerprint density at radius 1 is 1.21 bits per heavy atom. The number of benzene rings is 1. The summed E-state index contributed by atoms with van der Waals surface area (Å²) in [5.74, 6) is -0.879. The minimum absolute atomic E-state index is 0.331. The van der Waals surface area contributed by atoms with Gasteiger partial charge in [0.15, 0.2) is 0 Å². The molecule has 0 unspecified atom stereocenters. The number of carboxylic acid groups (broad SMARTS) is 1. The normalized spacial score (nSPS) is 9.93. The van der Waals surface area contributed by atoms with Crippen molar-refractivity contribution in [3.05, 3.63) is 35.9 Å². The van der Waals surface area contributed by atoms with E-state index < -0.39 is 5.97 Å². The van der Waals surface area contributed by atoms with Gasteiger partial charge in [0.2, 0.25) is 16.3 Å². The smallest absolute Gasteiger partial charge is 0.335 e. The Bertz CT molecular complexity index is 269. The van der Waals surface area contributed by atoms with E-state index in [-0.39, 0.29) is 0 Å². The molecule has 0 aromatic heterocycles. The Morgan fingerprint density at radius 3 is 1.79 bits per heavy atom. The molecule has 0 aliphatic rings. The molecule has 1 aromatic rings. The van der Waals surface area contributed by atoms with E-state index in [1.165, 1.54) is 16.3 Å². The third-order valence-corrected chi connectivity index (χ3v) is 1.02. The Balaban J connectivity index is 0.000000292. The molecule has 0 radical (unpaired) electrons. The van der Waals surface area contributed by atoms with Crippen LogP contribution in [0.25, 0.3) is 0 Å². The average Bonchev–Trinajstić information content (AvgIpc) is 2.03. The lowest BCUT2D eigenvalue weighted by molar-refractivity contribution is 0.0697. The molecule has 0 saturated carbocycles. The molecule has 1 rings (SSSR count). The quantitative estimate of drug-likeness (QED) is 0.718. The number of hydrogen-bond acceptors (Lipinski definition) is 1. The van der Waals surface area contributed by atoms with Crippen LogP contribution in [0.4, 0.5) is 0 Å². The first-order chi connectivity index (χ1) is 6.30. The van der Waals surface area contributed by atoms with Crippen molar-refractivity contribution in [1.29, 1.82) is 0 Å². The van der Waals surface area contributed by atoms with Gasteiger partial charge in [0.05, 0.1) is 5.56 Å². The number of hydrogen-bond donors (Lipinski definition) is 1. The molecule has 0 spiro atoms. The second-order valence-corrected chi connectivity index (χ2v) is 7.67. The van der Waals surface area contributed by atoms with E-state index in [1.54, 1.807) is 30.3 Å². The summed E-state index contributed by atoms with van der Waals surface area (Å²) in [5.41, 5.74) is 0.331. The third kappa shape index (κ3) is 9.31. The van der Waals surface area contributed by atoms with Gasteiger partial charge < -0.3 is 5.11 Å². The van der Waals surface area contributed by atoms with Gasteiger partial charge in [-0.15, -0.1) is 0 Å². The molecule has 0 aliphatic carbocycles. The molecule has 0 aliphatic heterocycles. The summed E-state index contributed by atoms with van der Waals surface area (Å²) in [4.78, 5) is 10.2. The summed E-state index contributed by atoms with van der Waals surface area (Å²) >= 11 is 1.31. The highest BCUT2D eigenvalue weighted by atomic mass is 27.0. The van der Waals surface area contributed by atoms with Gasteiger partial charge in [-0.3, -0.25) is 0 Å². The van der Waals surface area contributed by atoms with E-state index in [4.69, 9.17) is 5.11 Å². The van der Waals surface area contributed by atoms with Crippen LogP contribution in [0.3, 0.4) is 0 Å². The van der Waals surface area contributed by atoms with Crippen molar-refractivity contribution in [1.82, 2.24) is 0 Å². The van der Waals surface area contributed by atoms with Crippen LogP contribution in [-0.2, 0) is 0 Å². The standard InChI is InChI=1S/C7H6O2.C4H9.Al.2H/c8-7(9)6-4-2-1-3-5-6;1-4(2)3;;;/h1-5H,(H,8,9);1-3H3;;;. The largest absolute Gasteiger partial charge is 0.478 e. The van der Waals surface area contributed by atoms with Crippen LogP contribution in [0, 0.1) is 0 Å². The van der Waals surface area contributed by atoms with Crippen molar-refractivity contribution in [2.75, 3.05) is 0 Å². The van der Waals surface area contributed by atoms with Gasteiger partial charge in [-0.05, 0) is 12.1 Å². The molecule has 0 atom stereocenters. The minimum atomic E-state index is -0.879. The zero-order valence-electron chi connectivity index (χ0n) is 9.24. The number of carbonyl (C=O) groups is 1. The molecule has 76 valence electrons. The zero-order valence-corrected chi connectivity index (χ0v) is 11.2. The molecule has 1 aromatic carbocycles. The topological polar surface area (TPSA) is 37.3 Å². The van der Waals surface area contributed by atoms with Crippen molar-refractivity contribution < 1.29 is 9.90 Å². The summed E-state index contributed by atoms with van der Waals surface area (Å²) in [7, 11) is 0. The first-order valence-electron chi connectivity index (χ1n) is 4.59. The van der Waals surface area contributed by atoms with Crippen LogP contribution in [0.1, 0.15) is 31.1 Å². The van der Waals surface area contributed by atoms with Gasteiger partial charge in [0, 0.05) is 0 Å². The fraction of sp³-hybridized carbons (Fsp3) is 0.364. The van der Waals surface area contributed by atoms with Gasteiger partial charge in [0.25, 0.3) is 0 Å². The molecule has 0 bridgehead atoms. The van der Waals surface area contributed by atoms with Crippen LogP contribution < -0.4 is 0 Å². The van der Waals surface area contributed by atoms with Gasteiger partial charge in [-0.1, -0.05) is 43.2 Å². The molecule has 0 amide bonds. The van der Waals surface area contributed by atoms with Crippen LogP contribution in [-0.4, -0.2) is 27.4 Å². The molecule has 3 heteroatoms. The number of carboxylic acids is 1. The first-order valence-corrected chi connectivity index (χ1v) is 5.59. The van der Waals surface area contributed by atoms with E-state index in [9.17, 15) is 4.79 Å². The second kappa shape index (κ2) is 5.85. The van der Waals surface area contributed by atoms with Crippen molar-refractivity contribution in [3.63, 3.8) is 0 Å².